The van der Waals surface area contributed by atoms with E-state index < -0.39 is 5.91 Å². The second kappa shape index (κ2) is 11.1. The van der Waals surface area contributed by atoms with Gasteiger partial charge in [0.25, 0.3) is 5.91 Å². The van der Waals surface area contributed by atoms with Gasteiger partial charge in [0.1, 0.15) is 5.75 Å². The molecule has 0 heterocycles. The van der Waals surface area contributed by atoms with Gasteiger partial charge in [0.15, 0.2) is 12.6 Å². The van der Waals surface area contributed by atoms with Crippen LogP contribution >= 0.6 is 24.0 Å². The SMILES string of the molecule is CN=C(NCc1cccc(OCC(N)=O)c1)NC(C)C(C)C.I. The highest BCUT2D eigenvalue weighted by Crippen LogP contribution is 2.13. The van der Waals surface area contributed by atoms with Crippen LogP contribution in [0.1, 0.15) is 26.3 Å². The molecule has 0 saturated heterocycles. The monoisotopic (exact) mass is 434 g/mol. The molecule has 0 radical (unpaired) electrons. The van der Waals surface area contributed by atoms with E-state index in [-0.39, 0.29) is 30.6 Å². The lowest BCUT2D eigenvalue weighted by molar-refractivity contribution is -0.119. The van der Waals surface area contributed by atoms with E-state index in [9.17, 15) is 4.79 Å². The van der Waals surface area contributed by atoms with E-state index in [1.165, 1.54) is 0 Å². The normalized spacial score (nSPS) is 12.3. The molecule has 1 atom stereocenters. The topological polar surface area (TPSA) is 88.7 Å². The third-order valence-corrected chi connectivity index (χ3v) is 3.33. The first-order chi connectivity index (χ1) is 10.4. The minimum absolute atomic E-state index is 0. The number of benzene rings is 1. The Kier molecular flexibility index (Phi) is 10.4. The molecular formula is C16H27IN4O2. The summed E-state index contributed by atoms with van der Waals surface area (Å²) >= 11 is 0. The van der Waals surface area contributed by atoms with Crippen molar-refractivity contribution in [2.45, 2.75) is 33.4 Å². The summed E-state index contributed by atoms with van der Waals surface area (Å²) < 4.78 is 5.29. The first-order valence-corrected chi connectivity index (χ1v) is 7.39. The molecule has 1 amide bonds. The molecule has 23 heavy (non-hydrogen) atoms. The van der Waals surface area contributed by atoms with Crippen LogP contribution in [0.15, 0.2) is 29.3 Å². The molecule has 1 rings (SSSR count). The molecule has 0 bridgehead atoms. The Bertz CT molecular complexity index is 521. The number of guanidine groups is 1. The van der Waals surface area contributed by atoms with Crippen LogP contribution in [0, 0.1) is 5.92 Å². The molecule has 130 valence electrons. The molecule has 0 aromatic heterocycles. The Morgan fingerprint density at radius 3 is 2.61 bits per heavy atom. The predicted octanol–water partition coefficient (Wildman–Crippen LogP) is 1.88. The second-order valence-corrected chi connectivity index (χ2v) is 5.51. The highest BCUT2D eigenvalue weighted by molar-refractivity contribution is 14.0. The van der Waals surface area contributed by atoms with Crippen LogP contribution in [-0.2, 0) is 11.3 Å². The van der Waals surface area contributed by atoms with E-state index >= 15 is 0 Å². The fraction of sp³-hybridized carbons (Fsp3) is 0.500. The molecule has 0 spiro atoms. The number of halogens is 1. The summed E-state index contributed by atoms with van der Waals surface area (Å²) in [5.74, 6) is 1.40. The average molecular weight is 434 g/mol. The minimum Gasteiger partial charge on any atom is -0.484 e. The first-order valence-electron chi connectivity index (χ1n) is 7.39. The number of amides is 1. The standard InChI is InChI=1S/C16H26N4O2.HI/c1-11(2)12(3)20-16(18-4)19-9-13-6-5-7-14(8-13)22-10-15(17)21;/h5-8,11-12H,9-10H2,1-4H3,(H2,17,21)(H2,18,19,20);1H. The highest BCUT2D eigenvalue weighted by Gasteiger charge is 2.08. The van der Waals surface area contributed by atoms with Crippen LogP contribution in [0.2, 0.25) is 0 Å². The van der Waals surface area contributed by atoms with Crippen molar-refractivity contribution in [3.05, 3.63) is 29.8 Å². The lowest BCUT2D eigenvalue weighted by atomic mass is 10.1. The van der Waals surface area contributed by atoms with Crippen LogP contribution in [0.4, 0.5) is 0 Å². The van der Waals surface area contributed by atoms with E-state index in [1.54, 1.807) is 13.1 Å². The zero-order chi connectivity index (χ0) is 16.5. The molecule has 0 saturated carbocycles. The van der Waals surface area contributed by atoms with Crippen LogP contribution in [-0.4, -0.2) is 31.6 Å². The van der Waals surface area contributed by atoms with Crippen LogP contribution in [0.25, 0.3) is 0 Å². The smallest absolute Gasteiger partial charge is 0.255 e. The Labute approximate surface area is 155 Å². The van der Waals surface area contributed by atoms with Crippen LogP contribution < -0.4 is 21.1 Å². The van der Waals surface area contributed by atoms with Gasteiger partial charge in [-0.15, -0.1) is 24.0 Å². The van der Waals surface area contributed by atoms with E-state index in [4.69, 9.17) is 10.5 Å². The van der Waals surface area contributed by atoms with Crippen molar-refractivity contribution in [3.8, 4) is 5.75 Å². The Morgan fingerprint density at radius 2 is 2.04 bits per heavy atom. The molecule has 7 heteroatoms. The van der Waals surface area contributed by atoms with Gasteiger partial charge in [-0.3, -0.25) is 9.79 Å². The zero-order valence-electron chi connectivity index (χ0n) is 14.1. The molecule has 1 unspecified atom stereocenters. The summed E-state index contributed by atoms with van der Waals surface area (Å²) in [5.41, 5.74) is 6.09. The lowest BCUT2D eigenvalue weighted by Crippen LogP contribution is -2.43. The predicted molar refractivity (Wildman–Crippen MR) is 104 cm³/mol. The van der Waals surface area contributed by atoms with Crippen molar-refractivity contribution < 1.29 is 9.53 Å². The number of ether oxygens (including phenoxy) is 1. The second-order valence-electron chi connectivity index (χ2n) is 5.51. The van der Waals surface area contributed by atoms with Gasteiger partial charge in [0.2, 0.25) is 0 Å². The van der Waals surface area contributed by atoms with Crippen molar-refractivity contribution >= 4 is 35.8 Å². The third-order valence-electron chi connectivity index (χ3n) is 3.33. The number of nitrogens with zero attached hydrogens (tertiary/aromatic N) is 1. The van der Waals surface area contributed by atoms with Gasteiger partial charge >= 0.3 is 0 Å². The maximum absolute atomic E-state index is 10.7. The number of primary amides is 1. The summed E-state index contributed by atoms with van der Waals surface area (Å²) in [6, 6.07) is 7.84. The maximum atomic E-state index is 10.7. The van der Waals surface area contributed by atoms with Crippen molar-refractivity contribution in [1.29, 1.82) is 0 Å². The Hall–Kier alpha value is -1.51. The molecule has 0 aliphatic rings. The van der Waals surface area contributed by atoms with Crippen LogP contribution in [0.3, 0.4) is 0 Å². The quantitative estimate of drug-likeness (QED) is 0.348. The number of carbonyl (C=O) groups is 1. The van der Waals surface area contributed by atoms with Gasteiger partial charge in [-0.25, -0.2) is 0 Å². The Morgan fingerprint density at radius 1 is 1.35 bits per heavy atom. The summed E-state index contributed by atoms with van der Waals surface area (Å²) in [6.45, 7) is 6.93. The van der Waals surface area contributed by atoms with Crippen molar-refractivity contribution in [1.82, 2.24) is 10.6 Å². The fourth-order valence-electron chi connectivity index (χ4n) is 1.66. The summed E-state index contributed by atoms with van der Waals surface area (Å²) in [7, 11) is 1.74. The van der Waals surface area contributed by atoms with Gasteiger partial charge < -0.3 is 21.1 Å². The van der Waals surface area contributed by atoms with E-state index in [1.807, 2.05) is 18.2 Å². The first kappa shape index (κ1) is 21.5. The number of aliphatic imine (C=N–C) groups is 1. The number of nitrogens with two attached hydrogens (primary N) is 1. The third kappa shape index (κ3) is 8.63. The molecular weight excluding hydrogens is 407 g/mol. The van der Waals surface area contributed by atoms with Crippen LogP contribution in [0.5, 0.6) is 5.75 Å². The van der Waals surface area contributed by atoms with Gasteiger partial charge in [-0.2, -0.15) is 0 Å². The number of rotatable bonds is 7. The molecule has 0 aliphatic carbocycles. The minimum atomic E-state index is -0.490. The molecule has 6 nitrogen and oxygen atoms in total. The van der Waals surface area contributed by atoms with Crippen molar-refractivity contribution in [2.24, 2.45) is 16.6 Å². The number of hydrogen-bond donors (Lipinski definition) is 3. The average Bonchev–Trinajstić information content (AvgIpc) is 2.49. The lowest BCUT2D eigenvalue weighted by Gasteiger charge is -2.20. The number of hydrogen-bond acceptors (Lipinski definition) is 3. The number of carbonyl (C=O) groups excluding carboxylic acids is 1. The van der Waals surface area contributed by atoms with E-state index in [0.717, 1.165) is 11.5 Å². The molecule has 4 N–H and O–H groups in total. The van der Waals surface area contributed by atoms with Gasteiger partial charge in [0, 0.05) is 19.6 Å². The van der Waals surface area contributed by atoms with Gasteiger partial charge in [0.05, 0.1) is 0 Å². The van der Waals surface area contributed by atoms with Crippen molar-refractivity contribution in [2.75, 3.05) is 13.7 Å². The summed E-state index contributed by atoms with van der Waals surface area (Å²) in [6.07, 6.45) is 0. The molecule has 0 fully saturated rings. The molecule has 0 aliphatic heterocycles. The zero-order valence-corrected chi connectivity index (χ0v) is 16.5. The fourth-order valence-corrected chi connectivity index (χ4v) is 1.66. The molecule has 1 aromatic carbocycles. The van der Waals surface area contributed by atoms with Gasteiger partial charge in [-0.05, 0) is 30.5 Å². The summed E-state index contributed by atoms with van der Waals surface area (Å²) in [4.78, 5) is 14.9. The van der Waals surface area contributed by atoms with E-state index in [2.05, 4.69) is 36.4 Å². The Balaban J connectivity index is 0.00000484. The number of nitrogens with one attached hydrogen (secondary N) is 2. The van der Waals surface area contributed by atoms with E-state index in [0.29, 0.717) is 24.3 Å². The summed E-state index contributed by atoms with van der Waals surface area (Å²) in [5, 5.41) is 6.59. The molecule has 1 aromatic rings. The largest absolute Gasteiger partial charge is 0.484 e. The van der Waals surface area contributed by atoms with Gasteiger partial charge in [-0.1, -0.05) is 26.0 Å². The highest BCUT2D eigenvalue weighted by atomic mass is 127. The maximum Gasteiger partial charge on any atom is 0.255 e. The van der Waals surface area contributed by atoms with Crippen molar-refractivity contribution in [3.63, 3.8) is 0 Å².